The van der Waals surface area contributed by atoms with E-state index in [0.29, 0.717) is 19.6 Å². The standard InChI is InChI=1S/C15H24O2/c1-7-9-11-14(3,4)17-13-15(5,6)16-12-10-8-2/h1-2H,9-13H2,3-6H3. The van der Waals surface area contributed by atoms with Gasteiger partial charge in [-0.2, -0.15) is 0 Å². The Bertz CT molecular complexity index is 289. The molecule has 0 heterocycles. The van der Waals surface area contributed by atoms with E-state index in [2.05, 4.69) is 11.8 Å². The molecule has 0 amide bonds. The first-order valence-electron chi connectivity index (χ1n) is 5.98. The Kier molecular flexibility index (Phi) is 6.97. The van der Waals surface area contributed by atoms with Gasteiger partial charge in [-0.25, -0.2) is 0 Å². The molecule has 0 aromatic carbocycles. The van der Waals surface area contributed by atoms with Crippen LogP contribution in [0.3, 0.4) is 0 Å². The van der Waals surface area contributed by atoms with Crippen LogP contribution < -0.4 is 0 Å². The molecule has 96 valence electrons. The fourth-order valence-corrected chi connectivity index (χ4v) is 1.24. The Hall–Kier alpha value is -0.960. The van der Waals surface area contributed by atoms with Gasteiger partial charge in [0.1, 0.15) is 0 Å². The summed E-state index contributed by atoms with van der Waals surface area (Å²) in [5, 5.41) is 0. The molecule has 0 saturated heterocycles. The molecule has 0 fully saturated rings. The van der Waals surface area contributed by atoms with Crippen molar-refractivity contribution in [3.8, 4) is 24.7 Å². The summed E-state index contributed by atoms with van der Waals surface area (Å²) in [5.74, 6) is 5.18. The van der Waals surface area contributed by atoms with E-state index in [9.17, 15) is 0 Å². The van der Waals surface area contributed by atoms with Crippen molar-refractivity contribution < 1.29 is 9.47 Å². The summed E-state index contributed by atoms with van der Waals surface area (Å²) in [4.78, 5) is 0. The zero-order valence-corrected chi connectivity index (χ0v) is 11.5. The van der Waals surface area contributed by atoms with E-state index in [0.717, 1.165) is 12.8 Å². The van der Waals surface area contributed by atoms with Crippen LogP contribution in [0, 0.1) is 24.7 Å². The van der Waals surface area contributed by atoms with Crippen LogP contribution in [0.5, 0.6) is 0 Å². The van der Waals surface area contributed by atoms with Crippen LogP contribution in [-0.2, 0) is 9.47 Å². The second kappa shape index (κ2) is 7.38. The fraction of sp³-hybridized carbons (Fsp3) is 0.733. The molecule has 0 rings (SSSR count). The Balaban J connectivity index is 3.99. The van der Waals surface area contributed by atoms with Gasteiger partial charge >= 0.3 is 0 Å². The fourth-order valence-electron chi connectivity index (χ4n) is 1.24. The van der Waals surface area contributed by atoms with Crippen LogP contribution in [0.1, 0.15) is 47.0 Å². The molecule has 0 saturated carbocycles. The van der Waals surface area contributed by atoms with Gasteiger partial charge in [0.15, 0.2) is 0 Å². The number of hydrogen-bond donors (Lipinski definition) is 0. The average Bonchev–Trinajstić information content (AvgIpc) is 2.25. The minimum absolute atomic E-state index is 0.209. The molecule has 0 atom stereocenters. The van der Waals surface area contributed by atoms with Crippen molar-refractivity contribution in [2.75, 3.05) is 13.2 Å². The minimum Gasteiger partial charge on any atom is -0.373 e. The first-order valence-corrected chi connectivity index (χ1v) is 5.98. The molecule has 0 aliphatic heterocycles. The third-order valence-corrected chi connectivity index (χ3v) is 2.42. The van der Waals surface area contributed by atoms with E-state index in [-0.39, 0.29) is 11.2 Å². The summed E-state index contributed by atoms with van der Waals surface area (Å²) >= 11 is 0. The summed E-state index contributed by atoms with van der Waals surface area (Å²) in [6.45, 7) is 9.19. The third-order valence-electron chi connectivity index (χ3n) is 2.42. The summed E-state index contributed by atoms with van der Waals surface area (Å²) in [7, 11) is 0. The van der Waals surface area contributed by atoms with Crippen molar-refractivity contribution in [1.29, 1.82) is 0 Å². The molecule has 0 unspecified atom stereocenters. The minimum atomic E-state index is -0.315. The topological polar surface area (TPSA) is 18.5 Å². The van der Waals surface area contributed by atoms with Crippen molar-refractivity contribution >= 4 is 0 Å². The smallest absolute Gasteiger partial charge is 0.0859 e. The Morgan fingerprint density at radius 1 is 0.882 bits per heavy atom. The average molecular weight is 236 g/mol. The summed E-state index contributed by atoms with van der Waals surface area (Å²) in [5.41, 5.74) is -0.524. The van der Waals surface area contributed by atoms with Gasteiger partial charge in [0, 0.05) is 12.8 Å². The van der Waals surface area contributed by atoms with Gasteiger partial charge in [-0.05, 0) is 34.1 Å². The highest BCUT2D eigenvalue weighted by molar-refractivity contribution is 4.87. The first-order chi connectivity index (χ1) is 7.83. The van der Waals surface area contributed by atoms with E-state index >= 15 is 0 Å². The van der Waals surface area contributed by atoms with Crippen LogP contribution in [0.4, 0.5) is 0 Å². The van der Waals surface area contributed by atoms with Gasteiger partial charge in [-0.15, -0.1) is 24.7 Å². The molecule has 0 aromatic rings. The normalized spacial score (nSPS) is 11.9. The molecule has 2 heteroatoms. The predicted octanol–water partition coefficient (Wildman–Crippen LogP) is 3.01. The maximum Gasteiger partial charge on any atom is 0.0859 e. The van der Waals surface area contributed by atoms with Gasteiger partial charge < -0.3 is 9.47 Å². The number of terminal acetylenes is 2. The molecule has 0 bridgehead atoms. The summed E-state index contributed by atoms with van der Waals surface area (Å²) in [6.07, 6.45) is 12.6. The zero-order chi connectivity index (χ0) is 13.4. The lowest BCUT2D eigenvalue weighted by Gasteiger charge is -2.31. The van der Waals surface area contributed by atoms with E-state index in [1.807, 2.05) is 27.7 Å². The molecule has 0 aromatic heterocycles. The van der Waals surface area contributed by atoms with E-state index < -0.39 is 0 Å². The van der Waals surface area contributed by atoms with Crippen molar-refractivity contribution in [1.82, 2.24) is 0 Å². The lowest BCUT2D eigenvalue weighted by Crippen LogP contribution is -2.36. The molecule has 0 spiro atoms. The van der Waals surface area contributed by atoms with Gasteiger partial charge in [-0.1, -0.05) is 0 Å². The Labute approximate surface area is 106 Å². The number of hydrogen-bond acceptors (Lipinski definition) is 2. The maximum atomic E-state index is 5.85. The lowest BCUT2D eigenvalue weighted by atomic mass is 10.0. The van der Waals surface area contributed by atoms with Gasteiger partial charge in [-0.3, -0.25) is 0 Å². The Morgan fingerprint density at radius 3 is 2.00 bits per heavy atom. The molecular weight excluding hydrogens is 212 g/mol. The van der Waals surface area contributed by atoms with E-state index in [1.54, 1.807) is 0 Å². The van der Waals surface area contributed by atoms with Crippen LogP contribution in [-0.4, -0.2) is 24.4 Å². The van der Waals surface area contributed by atoms with Crippen molar-refractivity contribution in [2.24, 2.45) is 0 Å². The van der Waals surface area contributed by atoms with Crippen molar-refractivity contribution in [3.63, 3.8) is 0 Å². The number of rotatable bonds is 8. The molecule has 0 radical (unpaired) electrons. The predicted molar refractivity (Wildman–Crippen MR) is 71.6 cm³/mol. The maximum absolute atomic E-state index is 5.85. The monoisotopic (exact) mass is 236 g/mol. The molecular formula is C15H24O2. The molecule has 0 N–H and O–H groups in total. The second-order valence-corrected chi connectivity index (χ2v) is 5.31. The molecule has 0 aliphatic rings. The van der Waals surface area contributed by atoms with Crippen LogP contribution >= 0.6 is 0 Å². The zero-order valence-electron chi connectivity index (χ0n) is 11.5. The summed E-state index contributed by atoms with van der Waals surface area (Å²) < 4.78 is 11.5. The highest BCUT2D eigenvalue weighted by Gasteiger charge is 2.24. The van der Waals surface area contributed by atoms with Gasteiger partial charge in [0.25, 0.3) is 0 Å². The third kappa shape index (κ3) is 8.81. The molecule has 2 nitrogen and oxygen atoms in total. The van der Waals surface area contributed by atoms with E-state index in [1.165, 1.54) is 0 Å². The van der Waals surface area contributed by atoms with E-state index in [4.69, 9.17) is 22.3 Å². The first kappa shape index (κ1) is 16.0. The quantitative estimate of drug-likeness (QED) is 0.476. The second-order valence-electron chi connectivity index (χ2n) is 5.31. The van der Waals surface area contributed by atoms with Crippen molar-refractivity contribution in [2.45, 2.75) is 58.2 Å². The van der Waals surface area contributed by atoms with Gasteiger partial charge in [0.05, 0.1) is 24.4 Å². The van der Waals surface area contributed by atoms with Crippen LogP contribution in [0.2, 0.25) is 0 Å². The lowest BCUT2D eigenvalue weighted by molar-refractivity contribution is -0.120. The molecule has 0 aliphatic carbocycles. The highest BCUT2D eigenvalue weighted by atomic mass is 16.6. The van der Waals surface area contributed by atoms with Crippen LogP contribution in [0.25, 0.3) is 0 Å². The summed E-state index contributed by atoms with van der Waals surface area (Å²) in [6, 6.07) is 0. The molecule has 17 heavy (non-hydrogen) atoms. The largest absolute Gasteiger partial charge is 0.373 e. The SMILES string of the molecule is C#CCCOC(C)(C)COC(C)(C)CCC#C. The number of ether oxygens (including phenoxy) is 2. The van der Waals surface area contributed by atoms with Gasteiger partial charge in [0.2, 0.25) is 0 Å². The van der Waals surface area contributed by atoms with Crippen molar-refractivity contribution in [3.05, 3.63) is 0 Å². The van der Waals surface area contributed by atoms with Crippen LogP contribution in [0.15, 0.2) is 0 Å². The Morgan fingerprint density at radius 2 is 1.47 bits per heavy atom. The highest BCUT2D eigenvalue weighted by Crippen LogP contribution is 2.20.